The Labute approximate surface area is 86.7 Å². The van der Waals surface area contributed by atoms with Crippen molar-refractivity contribution in [1.29, 1.82) is 0 Å². The van der Waals surface area contributed by atoms with Crippen LogP contribution < -0.4 is 0 Å². The third-order valence-electron chi connectivity index (χ3n) is 3.80. The van der Waals surface area contributed by atoms with Gasteiger partial charge >= 0.3 is 0 Å². The number of Topliss-reactive ketones (excluding diaryl/α,β-unsaturated/α-hetero) is 1. The predicted octanol–water partition coefficient (Wildman–Crippen LogP) is 2.09. The Hall–Kier alpha value is -0.370. The van der Waals surface area contributed by atoms with Crippen molar-refractivity contribution < 1.29 is 4.79 Å². The predicted molar refractivity (Wildman–Crippen MR) is 57.2 cm³/mol. The van der Waals surface area contributed by atoms with E-state index in [4.69, 9.17) is 0 Å². The summed E-state index contributed by atoms with van der Waals surface area (Å²) in [5.74, 6) is 2.06. The molecule has 0 amide bonds. The summed E-state index contributed by atoms with van der Waals surface area (Å²) < 4.78 is 0. The van der Waals surface area contributed by atoms with Crippen LogP contribution in [-0.2, 0) is 4.79 Å². The monoisotopic (exact) mass is 195 g/mol. The number of hydrogen-bond acceptors (Lipinski definition) is 2. The van der Waals surface area contributed by atoms with Crippen molar-refractivity contribution in [3.63, 3.8) is 0 Å². The van der Waals surface area contributed by atoms with Gasteiger partial charge in [0, 0.05) is 19.4 Å². The van der Waals surface area contributed by atoms with Crippen LogP contribution in [-0.4, -0.2) is 30.3 Å². The van der Waals surface area contributed by atoms with Gasteiger partial charge in [0.15, 0.2) is 0 Å². The number of hydrogen-bond donors (Lipinski definition) is 0. The summed E-state index contributed by atoms with van der Waals surface area (Å²) in [5.41, 5.74) is 0. The number of piperidine rings is 1. The van der Waals surface area contributed by atoms with E-state index < -0.39 is 0 Å². The summed E-state index contributed by atoms with van der Waals surface area (Å²) in [7, 11) is 0. The largest absolute Gasteiger partial charge is 0.303 e. The zero-order valence-corrected chi connectivity index (χ0v) is 9.17. The van der Waals surface area contributed by atoms with Gasteiger partial charge < -0.3 is 4.90 Å². The van der Waals surface area contributed by atoms with Gasteiger partial charge in [0.05, 0.1) is 0 Å². The smallest absolute Gasteiger partial charge is 0.133 e. The summed E-state index contributed by atoms with van der Waals surface area (Å²) in [5, 5.41) is 0. The second-order valence-corrected chi connectivity index (χ2v) is 4.89. The number of ketones is 1. The Balaban J connectivity index is 1.88. The maximum atomic E-state index is 11.3. The topological polar surface area (TPSA) is 20.3 Å². The van der Waals surface area contributed by atoms with Crippen LogP contribution in [0, 0.1) is 11.8 Å². The van der Waals surface area contributed by atoms with Gasteiger partial charge in [0.25, 0.3) is 0 Å². The quantitative estimate of drug-likeness (QED) is 0.672. The first-order valence-corrected chi connectivity index (χ1v) is 6.03. The van der Waals surface area contributed by atoms with Crippen LogP contribution in [0.2, 0.25) is 0 Å². The third kappa shape index (κ3) is 2.17. The SMILES string of the molecule is CCCN1CC[C@@H]2CC(=O)CC[C@H]2C1. The lowest BCUT2D eigenvalue weighted by Gasteiger charge is -2.40. The molecule has 0 N–H and O–H groups in total. The van der Waals surface area contributed by atoms with Gasteiger partial charge in [0.2, 0.25) is 0 Å². The van der Waals surface area contributed by atoms with Gasteiger partial charge in [-0.05, 0) is 44.2 Å². The lowest BCUT2D eigenvalue weighted by atomic mass is 9.74. The maximum absolute atomic E-state index is 11.3. The minimum Gasteiger partial charge on any atom is -0.303 e. The lowest BCUT2D eigenvalue weighted by Crippen LogP contribution is -2.43. The molecule has 0 aromatic rings. The van der Waals surface area contributed by atoms with Gasteiger partial charge in [-0.1, -0.05) is 6.92 Å². The molecule has 1 saturated carbocycles. The molecule has 14 heavy (non-hydrogen) atoms. The number of likely N-dealkylation sites (tertiary alicyclic amines) is 1. The van der Waals surface area contributed by atoms with Crippen LogP contribution in [0.4, 0.5) is 0 Å². The molecule has 1 heterocycles. The average Bonchev–Trinajstić information content (AvgIpc) is 2.19. The average molecular weight is 195 g/mol. The van der Waals surface area contributed by atoms with Crippen molar-refractivity contribution in [1.82, 2.24) is 4.90 Å². The Morgan fingerprint density at radius 3 is 3.00 bits per heavy atom. The molecule has 80 valence electrons. The Bertz CT molecular complexity index is 214. The van der Waals surface area contributed by atoms with Crippen LogP contribution >= 0.6 is 0 Å². The molecule has 2 heteroatoms. The lowest BCUT2D eigenvalue weighted by molar-refractivity contribution is -0.123. The van der Waals surface area contributed by atoms with Gasteiger partial charge in [-0.3, -0.25) is 4.79 Å². The van der Waals surface area contributed by atoms with Crippen molar-refractivity contribution in [3.8, 4) is 0 Å². The van der Waals surface area contributed by atoms with Crippen molar-refractivity contribution >= 4 is 5.78 Å². The standard InChI is InChI=1S/C12H21NO/c1-2-6-13-7-5-10-8-12(14)4-3-11(10)9-13/h10-11H,2-9H2,1H3/t10-,11+/m1/s1. The summed E-state index contributed by atoms with van der Waals surface area (Å²) in [6, 6.07) is 0. The van der Waals surface area contributed by atoms with E-state index in [-0.39, 0.29) is 0 Å². The third-order valence-corrected chi connectivity index (χ3v) is 3.80. The molecule has 1 aliphatic heterocycles. The second kappa shape index (κ2) is 4.43. The van der Waals surface area contributed by atoms with Gasteiger partial charge in [-0.2, -0.15) is 0 Å². The van der Waals surface area contributed by atoms with E-state index in [2.05, 4.69) is 11.8 Å². The fraction of sp³-hybridized carbons (Fsp3) is 0.917. The van der Waals surface area contributed by atoms with Crippen LogP contribution in [0.15, 0.2) is 0 Å². The molecule has 0 aromatic carbocycles. The van der Waals surface area contributed by atoms with Crippen molar-refractivity contribution in [2.45, 2.75) is 39.0 Å². The van der Waals surface area contributed by atoms with Crippen molar-refractivity contribution in [3.05, 3.63) is 0 Å². The first-order chi connectivity index (χ1) is 6.79. The van der Waals surface area contributed by atoms with E-state index in [9.17, 15) is 4.79 Å². The highest BCUT2D eigenvalue weighted by Gasteiger charge is 2.33. The summed E-state index contributed by atoms with van der Waals surface area (Å²) in [4.78, 5) is 13.9. The van der Waals surface area contributed by atoms with Gasteiger partial charge in [-0.15, -0.1) is 0 Å². The van der Waals surface area contributed by atoms with E-state index in [1.165, 1.54) is 32.5 Å². The minimum atomic E-state index is 0.509. The number of carbonyl (C=O) groups excluding carboxylic acids is 1. The number of nitrogens with zero attached hydrogens (tertiary/aromatic N) is 1. The van der Waals surface area contributed by atoms with Crippen molar-refractivity contribution in [2.24, 2.45) is 11.8 Å². The number of rotatable bonds is 2. The van der Waals surface area contributed by atoms with Crippen LogP contribution in [0.3, 0.4) is 0 Å². The Kier molecular flexibility index (Phi) is 3.22. The van der Waals surface area contributed by atoms with Crippen LogP contribution in [0.1, 0.15) is 39.0 Å². The Morgan fingerprint density at radius 2 is 2.21 bits per heavy atom. The zero-order valence-electron chi connectivity index (χ0n) is 9.17. The first-order valence-electron chi connectivity index (χ1n) is 6.03. The van der Waals surface area contributed by atoms with E-state index in [0.29, 0.717) is 5.78 Å². The highest BCUT2D eigenvalue weighted by Crippen LogP contribution is 2.34. The molecule has 2 rings (SSSR count). The highest BCUT2D eigenvalue weighted by molar-refractivity contribution is 5.79. The van der Waals surface area contributed by atoms with E-state index in [0.717, 1.165) is 31.1 Å². The number of carbonyl (C=O) groups is 1. The second-order valence-electron chi connectivity index (χ2n) is 4.89. The molecule has 0 unspecified atom stereocenters. The summed E-state index contributed by atoms with van der Waals surface area (Å²) in [6.07, 6.45) is 5.40. The van der Waals surface area contributed by atoms with Gasteiger partial charge in [-0.25, -0.2) is 0 Å². The molecule has 0 aromatic heterocycles. The summed E-state index contributed by atoms with van der Waals surface area (Å²) in [6.45, 7) is 5.97. The molecular weight excluding hydrogens is 174 g/mol. The maximum Gasteiger partial charge on any atom is 0.133 e. The molecule has 2 nitrogen and oxygen atoms in total. The molecule has 0 bridgehead atoms. The number of fused-ring (bicyclic) bond motifs is 1. The first kappa shape index (κ1) is 10.2. The molecule has 0 radical (unpaired) electrons. The van der Waals surface area contributed by atoms with Gasteiger partial charge in [0.1, 0.15) is 5.78 Å². The van der Waals surface area contributed by atoms with E-state index >= 15 is 0 Å². The molecule has 2 aliphatic rings. The Morgan fingerprint density at radius 1 is 1.36 bits per heavy atom. The zero-order chi connectivity index (χ0) is 9.97. The van der Waals surface area contributed by atoms with E-state index in [1.807, 2.05) is 0 Å². The molecule has 2 fully saturated rings. The normalized spacial score (nSPS) is 34.2. The molecule has 1 saturated heterocycles. The van der Waals surface area contributed by atoms with Crippen LogP contribution in [0.5, 0.6) is 0 Å². The highest BCUT2D eigenvalue weighted by atomic mass is 16.1. The molecule has 0 spiro atoms. The molecule has 1 aliphatic carbocycles. The van der Waals surface area contributed by atoms with Crippen molar-refractivity contribution in [2.75, 3.05) is 19.6 Å². The van der Waals surface area contributed by atoms with E-state index in [1.54, 1.807) is 0 Å². The molecular formula is C12H21NO. The molecule has 2 atom stereocenters. The minimum absolute atomic E-state index is 0.509. The summed E-state index contributed by atoms with van der Waals surface area (Å²) >= 11 is 0. The fourth-order valence-electron chi connectivity index (χ4n) is 3.01. The fourth-order valence-corrected chi connectivity index (χ4v) is 3.01. The van der Waals surface area contributed by atoms with Crippen LogP contribution in [0.25, 0.3) is 0 Å².